The highest BCUT2D eigenvalue weighted by atomic mass is 15.2. The largest absolute Gasteiger partial charge is 0.355 e. The van der Waals surface area contributed by atoms with E-state index in [1.165, 1.54) is 0 Å². The van der Waals surface area contributed by atoms with Crippen molar-refractivity contribution in [3.8, 4) is 6.07 Å². The lowest BCUT2D eigenvalue weighted by molar-refractivity contribution is 0.349. The van der Waals surface area contributed by atoms with Crippen LogP contribution in [-0.2, 0) is 0 Å². The van der Waals surface area contributed by atoms with Crippen LogP contribution in [0.1, 0.15) is 18.4 Å². The number of piperidine rings is 1. The number of fused-ring (bicyclic) bond motifs is 1. The van der Waals surface area contributed by atoms with Crippen molar-refractivity contribution in [1.82, 2.24) is 20.3 Å². The zero-order valence-electron chi connectivity index (χ0n) is 11.6. The minimum absolute atomic E-state index is 0.180. The van der Waals surface area contributed by atoms with E-state index in [1.807, 2.05) is 0 Å². The van der Waals surface area contributed by atoms with E-state index in [4.69, 9.17) is 5.26 Å². The maximum atomic E-state index is 9.10. The summed E-state index contributed by atoms with van der Waals surface area (Å²) in [5, 5.41) is 12.7. The molecule has 4 rings (SSSR count). The van der Waals surface area contributed by atoms with Gasteiger partial charge in [-0.1, -0.05) is 12.2 Å². The molecule has 0 amide bonds. The van der Waals surface area contributed by atoms with E-state index in [2.05, 4.69) is 43.4 Å². The van der Waals surface area contributed by atoms with E-state index in [-0.39, 0.29) is 5.54 Å². The van der Waals surface area contributed by atoms with Crippen molar-refractivity contribution < 1.29 is 0 Å². The van der Waals surface area contributed by atoms with Crippen LogP contribution in [0.15, 0.2) is 24.5 Å². The Morgan fingerprint density at radius 1 is 1.33 bits per heavy atom. The summed E-state index contributed by atoms with van der Waals surface area (Å²) in [6, 6.07) is 2.15. The number of rotatable bonds is 1. The van der Waals surface area contributed by atoms with Gasteiger partial charge in [0.1, 0.15) is 17.4 Å². The first kappa shape index (κ1) is 12.4. The molecule has 1 saturated heterocycles. The molecule has 2 aromatic rings. The van der Waals surface area contributed by atoms with Gasteiger partial charge in [0, 0.05) is 31.4 Å². The van der Waals surface area contributed by atoms with Crippen LogP contribution in [0.5, 0.6) is 0 Å². The average molecular weight is 280 g/mol. The summed E-state index contributed by atoms with van der Waals surface area (Å²) in [7, 11) is 0. The van der Waals surface area contributed by atoms with E-state index in [9.17, 15) is 0 Å². The molecular formula is C15H16N6. The first-order valence-electron chi connectivity index (χ1n) is 7.22. The van der Waals surface area contributed by atoms with Crippen LogP contribution in [0, 0.1) is 11.3 Å². The van der Waals surface area contributed by atoms with Crippen molar-refractivity contribution in [2.24, 2.45) is 0 Å². The summed E-state index contributed by atoms with van der Waals surface area (Å²) >= 11 is 0. The summed E-state index contributed by atoms with van der Waals surface area (Å²) < 4.78 is 0. The van der Waals surface area contributed by atoms with Crippen LogP contribution in [0.2, 0.25) is 0 Å². The van der Waals surface area contributed by atoms with Crippen molar-refractivity contribution in [3.63, 3.8) is 0 Å². The molecule has 0 radical (unpaired) electrons. The normalized spacial score (nSPS) is 20.2. The van der Waals surface area contributed by atoms with E-state index in [1.54, 1.807) is 12.4 Å². The van der Waals surface area contributed by atoms with Crippen LogP contribution >= 0.6 is 0 Å². The van der Waals surface area contributed by atoms with Gasteiger partial charge in [-0.15, -0.1) is 0 Å². The Kier molecular flexibility index (Phi) is 2.69. The first-order chi connectivity index (χ1) is 10.3. The molecule has 1 spiro atoms. The fourth-order valence-electron chi connectivity index (χ4n) is 3.20. The first-order valence-corrected chi connectivity index (χ1v) is 7.22. The summed E-state index contributed by atoms with van der Waals surface area (Å²) in [4.78, 5) is 14.2. The third-order valence-electron chi connectivity index (χ3n) is 4.48. The van der Waals surface area contributed by atoms with Gasteiger partial charge in [0.2, 0.25) is 0 Å². The van der Waals surface area contributed by atoms with Crippen molar-refractivity contribution in [3.05, 3.63) is 30.1 Å². The number of hydrogen-bond acceptors (Lipinski definition) is 5. The van der Waals surface area contributed by atoms with Crippen molar-refractivity contribution in [1.29, 1.82) is 5.26 Å². The lowest BCUT2D eigenvalue weighted by Gasteiger charge is -2.39. The molecule has 0 atom stereocenters. The second-order valence-corrected chi connectivity index (χ2v) is 5.67. The van der Waals surface area contributed by atoms with E-state index in [0.29, 0.717) is 16.7 Å². The Bertz CT molecular complexity index is 745. The summed E-state index contributed by atoms with van der Waals surface area (Å²) in [6.07, 6.45) is 10.1. The molecule has 4 heterocycles. The highest BCUT2D eigenvalue weighted by Crippen LogP contribution is 2.29. The molecule has 6 heteroatoms. The van der Waals surface area contributed by atoms with Gasteiger partial charge in [-0.05, 0) is 12.8 Å². The molecule has 0 saturated carbocycles. The van der Waals surface area contributed by atoms with Crippen LogP contribution in [0.3, 0.4) is 0 Å². The molecule has 2 aliphatic rings. The molecule has 6 nitrogen and oxygen atoms in total. The second kappa shape index (κ2) is 4.57. The summed E-state index contributed by atoms with van der Waals surface area (Å²) in [6.45, 7) is 2.87. The van der Waals surface area contributed by atoms with Crippen LogP contribution in [-0.4, -0.2) is 40.1 Å². The van der Waals surface area contributed by atoms with Gasteiger partial charge in [0.25, 0.3) is 0 Å². The predicted octanol–water partition coefficient (Wildman–Crippen LogP) is 1.33. The number of aromatic amines is 1. The lowest BCUT2D eigenvalue weighted by atomic mass is 9.89. The maximum absolute atomic E-state index is 9.10. The van der Waals surface area contributed by atoms with Crippen LogP contribution in [0.25, 0.3) is 11.2 Å². The molecule has 0 unspecified atom stereocenters. The molecule has 0 bridgehead atoms. The number of H-pyrrole nitrogens is 1. The zero-order valence-corrected chi connectivity index (χ0v) is 11.6. The second-order valence-electron chi connectivity index (χ2n) is 5.67. The molecule has 0 aliphatic carbocycles. The van der Waals surface area contributed by atoms with E-state index in [0.717, 1.165) is 38.3 Å². The topological polar surface area (TPSA) is 80.6 Å². The molecular weight excluding hydrogens is 264 g/mol. The highest BCUT2D eigenvalue weighted by Gasteiger charge is 2.34. The van der Waals surface area contributed by atoms with Gasteiger partial charge in [0.05, 0.1) is 11.8 Å². The van der Waals surface area contributed by atoms with Gasteiger partial charge in [-0.2, -0.15) is 5.26 Å². The Balaban J connectivity index is 1.60. The fraction of sp³-hybridized carbons (Fsp3) is 0.400. The quantitative estimate of drug-likeness (QED) is 0.770. The number of nitrogens with one attached hydrogen (secondary N) is 2. The Morgan fingerprint density at radius 3 is 2.90 bits per heavy atom. The maximum Gasteiger partial charge on any atom is 0.157 e. The van der Waals surface area contributed by atoms with Crippen molar-refractivity contribution >= 4 is 17.0 Å². The number of aromatic nitrogens is 3. The minimum Gasteiger partial charge on any atom is -0.355 e. The predicted molar refractivity (Wildman–Crippen MR) is 79.9 cm³/mol. The summed E-state index contributed by atoms with van der Waals surface area (Å²) in [5.41, 5.74) is 2.06. The van der Waals surface area contributed by atoms with Crippen molar-refractivity contribution in [2.45, 2.75) is 18.4 Å². The molecule has 2 N–H and O–H groups in total. The number of hydrogen-bond donors (Lipinski definition) is 2. The molecule has 1 fully saturated rings. The average Bonchev–Trinajstić information content (AvgIpc) is 3.14. The molecule has 2 aromatic heterocycles. The SMILES string of the molecule is N#Cc1c[nH]c2ncc(N3CCC4(C=CCN4)CC3)nc12. The molecule has 21 heavy (non-hydrogen) atoms. The highest BCUT2D eigenvalue weighted by molar-refractivity contribution is 5.79. The Morgan fingerprint density at radius 2 is 2.19 bits per heavy atom. The minimum atomic E-state index is 0.180. The Hall–Kier alpha value is -2.39. The van der Waals surface area contributed by atoms with Gasteiger partial charge in [0.15, 0.2) is 5.65 Å². The Labute approximate surface area is 122 Å². The zero-order chi connectivity index (χ0) is 14.3. The lowest BCUT2D eigenvalue weighted by Crippen LogP contribution is -2.50. The standard InChI is InChI=1S/C15H16N6/c16-8-11-9-17-14-13(11)20-12(10-18-14)21-6-3-15(4-7-21)2-1-5-19-15/h1-2,9-10,19H,3-7H2,(H,17,18). The number of nitrogens with zero attached hydrogens (tertiary/aromatic N) is 4. The van der Waals surface area contributed by atoms with Gasteiger partial charge >= 0.3 is 0 Å². The molecule has 0 aromatic carbocycles. The van der Waals surface area contributed by atoms with Gasteiger partial charge in [-0.3, -0.25) is 0 Å². The third-order valence-corrected chi connectivity index (χ3v) is 4.48. The molecule has 2 aliphatic heterocycles. The molecule has 106 valence electrons. The smallest absolute Gasteiger partial charge is 0.157 e. The van der Waals surface area contributed by atoms with E-state index >= 15 is 0 Å². The number of nitriles is 1. The summed E-state index contributed by atoms with van der Waals surface area (Å²) in [5.74, 6) is 0.857. The van der Waals surface area contributed by atoms with Gasteiger partial charge < -0.3 is 15.2 Å². The van der Waals surface area contributed by atoms with Crippen molar-refractivity contribution in [2.75, 3.05) is 24.5 Å². The third kappa shape index (κ3) is 1.98. The van der Waals surface area contributed by atoms with Crippen LogP contribution in [0.4, 0.5) is 5.82 Å². The monoisotopic (exact) mass is 280 g/mol. The number of anilines is 1. The van der Waals surface area contributed by atoms with Gasteiger partial charge in [-0.25, -0.2) is 9.97 Å². The van der Waals surface area contributed by atoms with E-state index < -0.39 is 0 Å². The van der Waals surface area contributed by atoms with Crippen LogP contribution < -0.4 is 10.2 Å². The fourth-order valence-corrected chi connectivity index (χ4v) is 3.20.